The molecule has 104 valence electrons. The number of hydrogen-bond acceptors (Lipinski definition) is 2. The van der Waals surface area contributed by atoms with Crippen molar-refractivity contribution < 1.29 is 14.3 Å². The van der Waals surface area contributed by atoms with E-state index < -0.39 is 11.4 Å². The summed E-state index contributed by atoms with van der Waals surface area (Å²) in [5, 5.41) is 10.0. The molecule has 2 unspecified atom stereocenters. The third kappa shape index (κ3) is 2.90. The Hall–Kier alpha value is -1.13. The standard InChI is InChI=1S/C14H17ClFNO2/c1-9-8-17(6-5-14(9,2)19)13(18)10-3-4-12(16)11(15)7-10/h3-4,7,9,19H,5-6,8H2,1-2H3. The van der Waals surface area contributed by atoms with Crippen LogP contribution in [0.25, 0.3) is 0 Å². The number of rotatable bonds is 1. The number of carbonyl (C=O) groups excluding carboxylic acids is 1. The maximum atomic E-state index is 13.1. The van der Waals surface area contributed by atoms with Gasteiger partial charge in [-0.15, -0.1) is 0 Å². The lowest BCUT2D eigenvalue weighted by Gasteiger charge is -2.41. The lowest BCUT2D eigenvalue weighted by Crippen LogP contribution is -2.50. The normalized spacial score (nSPS) is 27.4. The van der Waals surface area contributed by atoms with Crippen molar-refractivity contribution in [3.63, 3.8) is 0 Å². The minimum absolute atomic E-state index is 0.00104. The van der Waals surface area contributed by atoms with Gasteiger partial charge < -0.3 is 10.0 Å². The lowest BCUT2D eigenvalue weighted by molar-refractivity contribution is -0.0439. The highest BCUT2D eigenvalue weighted by molar-refractivity contribution is 6.31. The van der Waals surface area contributed by atoms with E-state index in [1.165, 1.54) is 18.2 Å². The van der Waals surface area contributed by atoms with E-state index in [0.717, 1.165) is 0 Å². The van der Waals surface area contributed by atoms with Gasteiger partial charge in [-0.25, -0.2) is 4.39 Å². The molecule has 1 aromatic carbocycles. The van der Waals surface area contributed by atoms with Crippen molar-refractivity contribution in [2.75, 3.05) is 13.1 Å². The summed E-state index contributed by atoms with van der Waals surface area (Å²) in [6.45, 7) is 4.68. The van der Waals surface area contributed by atoms with Gasteiger partial charge in [0, 0.05) is 24.6 Å². The van der Waals surface area contributed by atoms with Gasteiger partial charge in [-0.3, -0.25) is 4.79 Å². The minimum atomic E-state index is -0.739. The van der Waals surface area contributed by atoms with Gasteiger partial charge in [-0.1, -0.05) is 18.5 Å². The van der Waals surface area contributed by atoms with Crippen LogP contribution in [0.2, 0.25) is 5.02 Å². The van der Waals surface area contributed by atoms with E-state index in [1.807, 2.05) is 6.92 Å². The number of hydrogen-bond donors (Lipinski definition) is 1. The molecule has 1 aliphatic heterocycles. The molecule has 1 aliphatic rings. The zero-order chi connectivity index (χ0) is 14.2. The molecule has 2 atom stereocenters. The van der Waals surface area contributed by atoms with E-state index in [2.05, 4.69) is 0 Å². The molecule has 0 bridgehead atoms. The average molecular weight is 286 g/mol. The molecule has 19 heavy (non-hydrogen) atoms. The highest BCUT2D eigenvalue weighted by Gasteiger charge is 2.36. The second-order valence-corrected chi connectivity index (χ2v) is 5.80. The summed E-state index contributed by atoms with van der Waals surface area (Å²) in [5.74, 6) is -0.710. The molecule has 1 amide bonds. The number of nitrogens with zero attached hydrogens (tertiary/aromatic N) is 1. The largest absolute Gasteiger partial charge is 0.390 e. The maximum absolute atomic E-state index is 13.1. The van der Waals surface area contributed by atoms with Gasteiger partial charge in [0.25, 0.3) is 5.91 Å². The van der Waals surface area contributed by atoms with Crippen molar-refractivity contribution in [2.24, 2.45) is 5.92 Å². The number of aliphatic hydroxyl groups is 1. The first-order valence-electron chi connectivity index (χ1n) is 6.28. The van der Waals surface area contributed by atoms with E-state index in [1.54, 1.807) is 11.8 Å². The first kappa shape index (κ1) is 14.3. The Labute approximate surface area is 117 Å². The molecule has 0 aromatic heterocycles. The van der Waals surface area contributed by atoms with Crippen LogP contribution in [-0.4, -0.2) is 34.6 Å². The van der Waals surface area contributed by atoms with Gasteiger partial charge in [0.2, 0.25) is 0 Å². The molecular weight excluding hydrogens is 269 g/mol. The molecule has 0 aliphatic carbocycles. The Balaban J connectivity index is 2.14. The van der Waals surface area contributed by atoms with Crippen LogP contribution in [-0.2, 0) is 0 Å². The minimum Gasteiger partial charge on any atom is -0.390 e. The van der Waals surface area contributed by atoms with Crippen LogP contribution in [0.15, 0.2) is 18.2 Å². The van der Waals surface area contributed by atoms with E-state index in [-0.39, 0.29) is 16.8 Å². The molecular formula is C14H17ClFNO2. The van der Waals surface area contributed by atoms with E-state index >= 15 is 0 Å². The lowest BCUT2D eigenvalue weighted by atomic mass is 9.84. The molecule has 0 radical (unpaired) electrons. The van der Waals surface area contributed by atoms with E-state index in [0.29, 0.717) is 25.1 Å². The fraction of sp³-hybridized carbons (Fsp3) is 0.500. The number of benzene rings is 1. The molecule has 0 saturated carbocycles. The number of piperidine rings is 1. The predicted molar refractivity (Wildman–Crippen MR) is 71.7 cm³/mol. The van der Waals surface area contributed by atoms with Crippen LogP contribution in [0.5, 0.6) is 0 Å². The predicted octanol–water partition coefficient (Wildman–Crippen LogP) is 2.71. The third-order valence-corrected chi connectivity index (χ3v) is 4.19. The first-order valence-corrected chi connectivity index (χ1v) is 6.66. The van der Waals surface area contributed by atoms with Crippen LogP contribution >= 0.6 is 11.6 Å². The zero-order valence-electron chi connectivity index (χ0n) is 11.0. The second-order valence-electron chi connectivity index (χ2n) is 5.39. The van der Waals surface area contributed by atoms with Crippen molar-refractivity contribution in [2.45, 2.75) is 25.9 Å². The van der Waals surface area contributed by atoms with Crippen molar-refractivity contribution >= 4 is 17.5 Å². The summed E-state index contributed by atoms with van der Waals surface area (Å²) in [7, 11) is 0. The summed E-state index contributed by atoms with van der Waals surface area (Å²) < 4.78 is 13.1. The Morgan fingerprint density at radius 1 is 1.58 bits per heavy atom. The number of carbonyl (C=O) groups is 1. The monoisotopic (exact) mass is 285 g/mol. The molecule has 1 saturated heterocycles. The summed E-state index contributed by atoms with van der Waals surface area (Å²) in [5.41, 5.74) is -0.364. The highest BCUT2D eigenvalue weighted by Crippen LogP contribution is 2.28. The fourth-order valence-electron chi connectivity index (χ4n) is 2.22. The zero-order valence-corrected chi connectivity index (χ0v) is 11.7. The van der Waals surface area contributed by atoms with Crippen LogP contribution < -0.4 is 0 Å². The van der Waals surface area contributed by atoms with E-state index in [4.69, 9.17) is 11.6 Å². The van der Waals surface area contributed by atoms with Crippen LogP contribution in [0.3, 0.4) is 0 Å². The van der Waals surface area contributed by atoms with Gasteiger partial charge in [0.05, 0.1) is 10.6 Å². The number of amides is 1. The van der Waals surface area contributed by atoms with Gasteiger partial charge >= 0.3 is 0 Å². The van der Waals surface area contributed by atoms with Crippen molar-refractivity contribution in [3.05, 3.63) is 34.6 Å². The van der Waals surface area contributed by atoms with E-state index in [9.17, 15) is 14.3 Å². The van der Waals surface area contributed by atoms with Gasteiger partial charge in [-0.05, 0) is 31.5 Å². The SMILES string of the molecule is CC1CN(C(=O)c2ccc(F)c(Cl)c2)CCC1(C)O. The van der Waals surface area contributed by atoms with Gasteiger partial charge in [-0.2, -0.15) is 0 Å². The molecule has 2 rings (SSSR count). The molecule has 1 fully saturated rings. The van der Waals surface area contributed by atoms with Crippen molar-refractivity contribution in [1.29, 1.82) is 0 Å². The third-order valence-electron chi connectivity index (χ3n) is 3.90. The summed E-state index contributed by atoms with van der Waals surface area (Å²) >= 11 is 5.69. The first-order chi connectivity index (χ1) is 8.81. The van der Waals surface area contributed by atoms with Crippen LogP contribution in [0.4, 0.5) is 4.39 Å². The Bertz CT molecular complexity index is 504. The Kier molecular flexibility index (Phi) is 3.83. The van der Waals surface area contributed by atoms with Crippen molar-refractivity contribution in [3.8, 4) is 0 Å². The van der Waals surface area contributed by atoms with Gasteiger partial charge in [0.1, 0.15) is 5.82 Å². The van der Waals surface area contributed by atoms with Crippen LogP contribution in [0, 0.1) is 11.7 Å². The summed E-state index contributed by atoms with van der Waals surface area (Å²) in [6, 6.07) is 3.97. The highest BCUT2D eigenvalue weighted by atomic mass is 35.5. The quantitative estimate of drug-likeness (QED) is 0.862. The van der Waals surface area contributed by atoms with Crippen LogP contribution in [0.1, 0.15) is 30.6 Å². The molecule has 0 spiro atoms. The molecule has 1 N–H and O–H groups in total. The fourth-order valence-corrected chi connectivity index (χ4v) is 2.40. The number of likely N-dealkylation sites (tertiary alicyclic amines) is 1. The summed E-state index contributed by atoms with van der Waals surface area (Å²) in [6.07, 6.45) is 0.537. The number of halogens is 2. The maximum Gasteiger partial charge on any atom is 0.253 e. The average Bonchev–Trinajstić information content (AvgIpc) is 2.35. The second kappa shape index (κ2) is 5.10. The topological polar surface area (TPSA) is 40.5 Å². The molecule has 1 aromatic rings. The Morgan fingerprint density at radius 2 is 2.26 bits per heavy atom. The summed E-state index contributed by atoms with van der Waals surface area (Å²) in [4.78, 5) is 14.0. The smallest absolute Gasteiger partial charge is 0.253 e. The molecule has 1 heterocycles. The van der Waals surface area contributed by atoms with Crippen molar-refractivity contribution in [1.82, 2.24) is 4.90 Å². The van der Waals surface area contributed by atoms with Gasteiger partial charge in [0.15, 0.2) is 0 Å². The molecule has 3 nitrogen and oxygen atoms in total. The Morgan fingerprint density at radius 3 is 2.84 bits per heavy atom. The molecule has 5 heteroatoms.